The Hall–Kier alpha value is -1.55. The number of aromatic nitrogens is 2. The molecule has 2 N–H and O–H groups in total. The molecule has 0 radical (unpaired) electrons. The van der Waals surface area contributed by atoms with Gasteiger partial charge in [0, 0.05) is 16.7 Å². The summed E-state index contributed by atoms with van der Waals surface area (Å²) >= 11 is 1.55. The van der Waals surface area contributed by atoms with Crippen molar-refractivity contribution in [3.05, 3.63) is 41.6 Å². The van der Waals surface area contributed by atoms with Crippen LogP contribution in [-0.2, 0) is 6.42 Å². The summed E-state index contributed by atoms with van der Waals surface area (Å²) in [5.74, 6) is 0.520. The lowest BCUT2D eigenvalue weighted by molar-refractivity contribution is 0.378. The van der Waals surface area contributed by atoms with Crippen LogP contribution in [0.15, 0.2) is 40.4 Å². The SMILES string of the molecule is Cc1cc(N)nc(Sc2ccc(CCC(C)(C)C)cc2)n1. The summed E-state index contributed by atoms with van der Waals surface area (Å²) < 4.78 is 0. The highest BCUT2D eigenvalue weighted by molar-refractivity contribution is 7.99. The number of anilines is 1. The normalized spacial score (nSPS) is 11.6. The Bertz CT molecular complexity index is 580. The molecule has 0 saturated heterocycles. The van der Waals surface area contributed by atoms with Gasteiger partial charge in [0.1, 0.15) is 5.82 Å². The number of aryl methyl sites for hydroxylation is 2. The molecule has 1 heterocycles. The van der Waals surface area contributed by atoms with E-state index < -0.39 is 0 Å². The van der Waals surface area contributed by atoms with Gasteiger partial charge in [0.15, 0.2) is 5.16 Å². The van der Waals surface area contributed by atoms with Gasteiger partial charge in [-0.2, -0.15) is 0 Å². The van der Waals surface area contributed by atoms with Gasteiger partial charge in [-0.15, -0.1) is 0 Å². The molecule has 1 aromatic heterocycles. The summed E-state index contributed by atoms with van der Waals surface area (Å²) in [5, 5.41) is 0.704. The largest absolute Gasteiger partial charge is 0.384 e. The highest BCUT2D eigenvalue weighted by Crippen LogP contribution is 2.27. The Labute approximate surface area is 131 Å². The summed E-state index contributed by atoms with van der Waals surface area (Å²) in [4.78, 5) is 9.78. The lowest BCUT2D eigenvalue weighted by Gasteiger charge is -2.17. The van der Waals surface area contributed by atoms with Gasteiger partial charge in [-0.3, -0.25) is 0 Å². The van der Waals surface area contributed by atoms with E-state index in [9.17, 15) is 0 Å². The van der Waals surface area contributed by atoms with Crippen molar-refractivity contribution in [2.24, 2.45) is 5.41 Å². The maximum Gasteiger partial charge on any atom is 0.194 e. The van der Waals surface area contributed by atoms with Crippen LogP contribution in [0.5, 0.6) is 0 Å². The average molecular weight is 301 g/mol. The minimum Gasteiger partial charge on any atom is -0.384 e. The second-order valence-electron chi connectivity index (χ2n) is 6.52. The molecule has 2 rings (SSSR count). The topological polar surface area (TPSA) is 51.8 Å². The molecule has 0 spiro atoms. The van der Waals surface area contributed by atoms with E-state index in [0.29, 0.717) is 16.4 Å². The Kier molecular flexibility index (Phi) is 4.88. The molecule has 0 aliphatic rings. The minimum atomic E-state index is 0.375. The molecule has 112 valence electrons. The predicted octanol–water partition coefficient (Wildman–Crippen LogP) is 4.50. The first-order chi connectivity index (χ1) is 9.82. The lowest BCUT2D eigenvalue weighted by atomic mass is 9.89. The summed E-state index contributed by atoms with van der Waals surface area (Å²) in [6.07, 6.45) is 2.30. The van der Waals surface area contributed by atoms with Crippen molar-refractivity contribution in [3.8, 4) is 0 Å². The number of rotatable bonds is 4. The van der Waals surface area contributed by atoms with Crippen molar-refractivity contribution in [3.63, 3.8) is 0 Å². The number of nitrogens with zero attached hydrogens (tertiary/aromatic N) is 2. The van der Waals surface area contributed by atoms with Crippen LogP contribution in [0, 0.1) is 12.3 Å². The van der Waals surface area contributed by atoms with Crippen LogP contribution in [0.2, 0.25) is 0 Å². The molecule has 0 fully saturated rings. The third-order valence-electron chi connectivity index (χ3n) is 3.15. The highest BCUT2D eigenvalue weighted by atomic mass is 32.2. The number of nitrogen functional groups attached to an aromatic ring is 1. The number of hydrogen-bond donors (Lipinski definition) is 1. The van der Waals surface area contributed by atoms with E-state index in [1.54, 1.807) is 17.8 Å². The molecule has 3 nitrogen and oxygen atoms in total. The molecule has 0 atom stereocenters. The van der Waals surface area contributed by atoms with Gasteiger partial charge in [-0.1, -0.05) is 32.9 Å². The quantitative estimate of drug-likeness (QED) is 0.845. The maximum absolute atomic E-state index is 5.75. The highest BCUT2D eigenvalue weighted by Gasteiger charge is 2.10. The van der Waals surface area contributed by atoms with Gasteiger partial charge >= 0.3 is 0 Å². The molecule has 0 unspecified atom stereocenters. The minimum absolute atomic E-state index is 0.375. The number of nitrogens with two attached hydrogens (primary N) is 1. The predicted molar refractivity (Wildman–Crippen MR) is 89.5 cm³/mol. The summed E-state index contributed by atoms with van der Waals surface area (Å²) in [5.41, 5.74) is 8.40. The van der Waals surface area contributed by atoms with Crippen LogP contribution in [-0.4, -0.2) is 9.97 Å². The van der Waals surface area contributed by atoms with E-state index in [1.807, 2.05) is 6.92 Å². The van der Waals surface area contributed by atoms with E-state index in [0.717, 1.165) is 17.0 Å². The average Bonchev–Trinajstić information content (AvgIpc) is 2.36. The second-order valence-corrected chi connectivity index (χ2v) is 7.56. The summed E-state index contributed by atoms with van der Waals surface area (Å²) in [7, 11) is 0. The molecule has 0 saturated carbocycles. The fourth-order valence-electron chi connectivity index (χ4n) is 1.96. The maximum atomic E-state index is 5.75. The van der Waals surface area contributed by atoms with Crippen molar-refractivity contribution in [1.29, 1.82) is 0 Å². The fraction of sp³-hybridized carbons (Fsp3) is 0.412. The van der Waals surface area contributed by atoms with Crippen molar-refractivity contribution < 1.29 is 0 Å². The van der Waals surface area contributed by atoms with E-state index in [2.05, 4.69) is 55.0 Å². The zero-order chi connectivity index (χ0) is 15.5. The second kappa shape index (κ2) is 6.48. The van der Waals surface area contributed by atoms with Crippen molar-refractivity contribution >= 4 is 17.6 Å². The number of hydrogen-bond acceptors (Lipinski definition) is 4. The molecular weight excluding hydrogens is 278 g/mol. The van der Waals surface area contributed by atoms with Crippen LogP contribution < -0.4 is 5.73 Å². The first kappa shape index (κ1) is 15.8. The fourth-order valence-corrected chi connectivity index (χ4v) is 2.78. The Morgan fingerprint density at radius 2 is 1.76 bits per heavy atom. The van der Waals surface area contributed by atoms with E-state index in [1.165, 1.54) is 12.0 Å². The monoisotopic (exact) mass is 301 g/mol. The summed E-state index contributed by atoms with van der Waals surface area (Å²) in [6.45, 7) is 8.75. The van der Waals surface area contributed by atoms with Crippen LogP contribution in [0.25, 0.3) is 0 Å². The zero-order valence-electron chi connectivity index (χ0n) is 13.2. The molecule has 0 aliphatic heterocycles. The molecule has 0 bridgehead atoms. The summed E-state index contributed by atoms with van der Waals surface area (Å²) in [6, 6.07) is 10.4. The van der Waals surface area contributed by atoms with Gasteiger partial charge in [0.2, 0.25) is 0 Å². The van der Waals surface area contributed by atoms with Crippen molar-refractivity contribution in [2.75, 3.05) is 5.73 Å². The first-order valence-electron chi connectivity index (χ1n) is 7.20. The van der Waals surface area contributed by atoms with E-state index in [4.69, 9.17) is 5.73 Å². The first-order valence-corrected chi connectivity index (χ1v) is 8.01. The van der Waals surface area contributed by atoms with Crippen LogP contribution >= 0.6 is 11.8 Å². The van der Waals surface area contributed by atoms with Crippen molar-refractivity contribution in [1.82, 2.24) is 9.97 Å². The van der Waals surface area contributed by atoms with Gasteiger partial charge < -0.3 is 5.73 Å². The Morgan fingerprint density at radius 1 is 1.10 bits per heavy atom. The molecule has 2 aromatic rings. The van der Waals surface area contributed by atoms with Crippen LogP contribution in [0.3, 0.4) is 0 Å². The van der Waals surface area contributed by atoms with E-state index >= 15 is 0 Å². The van der Waals surface area contributed by atoms with Crippen LogP contribution in [0.1, 0.15) is 38.4 Å². The molecular formula is C17H23N3S. The zero-order valence-corrected chi connectivity index (χ0v) is 14.0. The third-order valence-corrected chi connectivity index (χ3v) is 4.02. The smallest absolute Gasteiger partial charge is 0.194 e. The standard InChI is InChI=1S/C17H23N3S/c1-12-11-15(18)20-16(19-12)21-14-7-5-13(6-8-14)9-10-17(2,3)4/h5-8,11H,9-10H2,1-4H3,(H2,18,19,20). The van der Waals surface area contributed by atoms with Crippen LogP contribution in [0.4, 0.5) is 5.82 Å². The molecule has 4 heteroatoms. The Balaban J connectivity index is 2.02. The van der Waals surface area contributed by atoms with Gasteiger partial charge in [-0.05, 0) is 54.6 Å². The van der Waals surface area contributed by atoms with Crippen molar-refractivity contribution in [2.45, 2.75) is 50.6 Å². The van der Waals surface area contributed by atoms with Gasteiger partial charge in [0.25, 0.3) is 0 Å². The molecule has 1 aromatic carbocycles. The van der Waals surface area contributed by atoms with Gasteiger partial charge in [-0.25, -0.2) is 9.97 Å². The molecule has 0 amide bonds. The number of benzene rings is 1. The third kappa shape index (κ3) is 5.38. The van der Waals surface area contributed by atoms with Gasteiger partial charge in [0.05, 0.1) is 0 Å². The van der Waals surface area contributed by atoms with E-state index in [-0.39, 0.29) is 0 Å². The lowest BCUT2D eigenvalue weighted by Crippen LogP contribution is -2.06. The Morgan fingerprint density at radius 3 is 2.33 bits per heavy atom. The molecule has 21 heavy (non-hydrogen) atoms. The molecule has 0 aliphatic carbocycles.